The number of nitrogens with one attached hydrogen (secondary N) is 1. The van der Waals surface area contributed by atoms with Crippen molar-refractivity contribution >= 4 is 5.91 Å². The van der Waals surface area contributed by atoms with E-state index in [0.29, 0.717) is 19.5 Å². The number of hydrogen-bond acceptors (Lipinski definition) is 3. The lowest BCUT2D eigenvalue weighted by Gasteiger charge is -2.31. The van der Waals surface area contributed by atoms with Crippen molar-refractivity contribution in [1.29, 1.82) is 5.26 Å². The maximum Gasteiger partial charge on any atom is 0.237 e. The Morgan fingerprint density at radius 2 is 2.58 bits per heavy atom. The highest BCUT2D eigenvalue weighted by molar-refractivity contribution is 5.81. The molecule has 1 amide bonds. The highest BCUT2D eigenvalue weighted by Gasteiger charge is 2.24. The van der Waals surface area contributed by atoms with Crippen molar-refractivity contribution in [3.63, 3.8) is 0 Å². The van der Waals surface area contributed by atoms with Crippen molar-refractivity contribution in [1.82, 2.24) is 10.2 Å². The molecule has 1 rings (SSSR count). The van der Waals surface area contributed by atoms with E-state index < -0.39 is 0 Å². The molecular weight excluding hydrogens is 154 g/mol. The van der Waals surface area contributed by atoms with Crippen LogP contribution >= 0.6 is 0 Å². The average molecular weight is 167 g/mol. The Kier molecular flexibility index (Phi) is 3.06. The summed E-state index contributed by atoms with van der Waals surface area (Å²) in [6, 6.07) is 2.00. The number of amides is 1. The van der Waals surface area contributed by atoms with Gasteiger partial charge in [-0.1, -0.05) is 0 Å². The first-order valence-corrected chi connectivity index (χ1v) is 4.14. The van der Waals surface area contributed by atoms with Crippen LogP contribution in [0.2, 0.25) is 0 Å². The average Bonchev–Trinajstić information content (AvgIpc) is 2.08. The Morgan fingerprint density at radius 3 is 3.25 bits per heavy atom. The van der Waals surface area contributed by atoms with Crippen molar-refractivity contribution in [2.45, 2.75) is 19.4 Å². The highest BCUT2D eigenvalue weighted by Crippen LogP contribution is 2.03. The molecule has 4 nitrogen and oxygen atoms in total. The minimum Gasteiger partial charge on any atom is -0.353 e. The summed E-state index contributed by atoms with van der Waals surface area (Å²) in [7, 11) is 0. The number of nitrogens with zero attached hydrogens (tertiary/aromatic N) is 2. The minimum atomic E-state index is -0.0768. The van der Waals surface area contributed by atoms with Gasteiger partial charge in [0.05, 0.1) is 12.1 Å². The van der Waals surface area contributed by atoms with Gasteiger partial charge in [-0.2, -0.15) is 5.26 Å². The Hall–Kier alpha value is -1.08. The quantitative estimate of drug-likeness (QED) is 0.615. The monoisotopic (exact) mass is 167 g/mol. The first-order chi connectivity index (χ1) is 5.75. The van der Waals surface area contributed by atoms with Gasteiger partial charge in [0.15, 0.2) is 0 Å². The second kappa shape index (κ2) is 4.07. The van der Waals surface area contributed by atoms with Crippen LogP contribution in [-0.4, -0.2) is 36.5 Å². The molecule has 0 aliphatic carbocycles. The summed E-state index contributed by atoms with van der Waals surface area (Å²) >= 11 is 0. The second-order valence-corrected chi connectivity index (χ2v) is 2.91. The molecule has 1 N–H and O–H groups in total. The molecule has 0 spiro atoms. The molecule has 4 heteroatoms. The topological polar surface area (TPSA) is 56.1 Å². The molecular formula is C8H13N3O. The van der Waals surface area contributed by atoms with Crippen LogP contribution in [0, 0.1) is 11.3 Å². The van der Waals surface area contributed by atoms with Crippen molar-refractivity contribution in [2.24, 2.45) is 0 Å². The summed E-state index contributed by atoms with van der Waals surface area (Å²) in [6.07, 6.45) is 0.498. The Balaban J connectivity index is 2.42. The highest BCUT2D eigenvalue weighted by atomic mass is 16.2. The van der Waals surface area contributed by atoms with Crippen LogP contribution in [0.4, 0.5) is 0 Å². The summed E-state index contributed by atoms with van der Waals surface area (Å²) in [5.41, 5.74) is 0. The van der Waals surface area contributed by atoms with E-state index in [4.69, 9.17) is 5.26 Å². The fourth-order valence-electron chi connectivity index (χ4n) is 1.33. The molecule has 1 aliphatic heterocycles. The fourth-order valence-corrected chi connectivity index (χ4v) is 1.33. The minimum absolute atomic E-state index is 0.0687. The van der Waals surface area contributed by atoms with Crippen LogP contribution in [0.25, 0.3) is 0 Å². The molecule has 12 heavy (non-hydrogen) atoms. The zero-order valence-electron chi connectivity index (χ0n) is 7.21. The smallest absolute Gasteiger partial charge is 0.237 e. The zero-order valence-corrected chi connectivity index (χ0v) is 7.21. The van der Waals surface area contributed by atoms with Gasteiger partial charge >= 0.3 is 0 Å². The van der Waals surface area contributed by atoms with Gasteiger partial charge in [0.25, 0.3) is 0 Å². The van der Waals surface area contributed by atoms with E-state index in [1.54, 1.807) is 0 Å². The van der Waals surface area contributed by atoms with Gasteiger partial charge in [-0.25, -0.2) is 0 Å². The lowest BCUT2D eigenvalue weighted by Crippen LogP contribution is -2.53. The molecule has 0 radical (unpaired) electrons. The molecule has 1 heterocycles. The standard InChI is InChI=1S/C8H13N3O/c1-7-8(12)10-4-6-11(7)5-2-3-9/h7H,2,4-6H2,1H3,(H,10,12). The molecule has 66 valence electrons. The van der Waals surface area contributed by atoms with Gasteiger partial charge in [-0.05, 0) is 6.92 Å². The molecule has 1 unspecified atom stereocenters. The lowest BCUT2D eigenvalue weighted by molar-refractivity contribution is -0.128. The van der Waals surface area contributed by atoms with E-state index >= 15 is 0 Å². The predicted octanol–water partition coefficient (Wildman–Crippen LogP) is -0.280. The van der Waals surface area contributed by atoms with E-state index in [9.17, 15) is 4.79 Å². The molecule has 1 saturated heterocycles. The Morgan fingerprint density at radius 1 is 1.83 bits per heavy atom. The van der Waals surface area contributed by atoms with Gasteiger partial charge in [-0.15, -0.1) is 0 Å². The number of carbonyl (C=O) groups excluding carboxylic acids is 1. The van der Waals surface area contributed by atoms with E-state index in [1.165, 1.54) is 0 Å². The van der Waals surface area contributed by atoms with Gasteiger partial charge in [0, 0.05) is 26.1 Å². The third kappa shape index (κ3) is 1.95. The van der Waals surface area contributed by atoms with Crippen LogP contribution in [0.3, 0.4) is 0 Å². The summed E-state index contributed by atoms with van der Waals surface area (Å²) in [4.78, 5) is 13.2. The van der Waals surface area contributed by atoms with E-state index in [0.717, 1.165) is 6.54 Å². The molecule has 0 aromatic carbocycles. The predicted molar refractivity (Wildman–Crippen MR) is 44.3 cm³/mol. The van der Waals surface area contributed by atoms with Crippen LogP contribution in [0.1, 0.15) is 13.3 Å². The summed E-state index contributed by atoms with van der Waals surface area (Å²) in [5.74, 6) is 0.0687. The van der Waals surface area contributed by atoms with E-state index in [2.05, 4.69) is 11.4 Å². The number of carbonyl (C=O) groups is 1. The van der Waals surface area contributed by atoms with Crippen LogP contribution < -0.4 is 5.32 Å². The van der Waals surface area contributed by atoms with E-state index in [-0.39, 0.29) is 11.9 Å². The fraction of sp³-hybridized carbons (Fsp3) is 0.750. The Labute approximate surface area is 72.2 Å². The molecule has 0 bridgehead atoms. The molecule has 1 atom stereocenters. The van der Waals surface area contributed by atoms with Crippen LogP contribution in [0.5, 0.6) is 0 Å². The normalized spacial score (nSPS) is 24.7. The van der Waals surface area contributed by atoms with Crippen molar-refractivity contribution in [3.05, 3.63) is 0 Å². The summed E-state index contributed by atoms with van der Waals surface area (Å²) in [5, 5.41) is 11.1. The van der Waals surface area contributed by atoms with Gasteiger partial charge < -0.3 is 5.32 Å². The van der Waals surface area contributed by atoms with Crippen molar-refractivity contribution in [2.75, 3.05) is 19.6 Å². The summed E-state index contributed by atoms with van der Waals surface area (Å²) in [6.45, 7) is 4.13. The third-order valence-electron chi connectivity index (χ3n) is 2.14. The number of nitriles is 1. The number of rotatable bonds is 2. The van der Waals surface area contributed by atoms with Crippen LogP contribution in [-0.2, 0) is 4.79 Å². The van der Waals surface area contributed by atoms with Crippen molar-refractivity contribution in [3.8, 4) is 6.07 Å². The first-order valence-electron chi connectivity index (χ1n) is 4.14. The first kappa shape index (κ1) is 9.01. The largest absolute Gasteiger partial charge is 0.353 e. The van der Waals surface area contributed by atoms with Crippen molar-refractivity contribution < 1.29 is 4.79 Å². The number of piperazine rings is 1. The SMILES string of the molecule is CC1C(=O)NCCN1CCC#N. The van der Waals surface area contributed by atoms with E-state index in [1.807, 2.05) is 11.8 Å². The summed E-state index contributed by atoms with van der Waals surface area (Å²) < 4.78 is 0. The maximum atomic E-state index is 11.1. The zero-order chi connectivity index (χ0) is 8.97. The van der Waals surface area contributed by atoms with Gasteiger partial charge in [0.2, 0.25) is 5.91 Å². The number of hydrogen-bond donors (Lipinski definition) is 1. The molecule has 0 saturated carbocycles. The lowest BCUT2D eigenvalue weighted by atomic mass is 10.2. The molecule has 1 fully saturated rings. The molecule has 1 aliphatic rings. The maximum absolute atomic E-state index is 11.1. The van der Waals surface area contributed by atoms with Crippen LogP contribution in [0.15, 0.2) is 0 Å². The van der Waals surface area contributed by atoms with Gasteiger partial charge in [0.1, 0.15) is 0 Å². The second-order valence-electron chi connectivity index (χ2n) is 2.91. The molecule has 0 aromatic heterocycles. The van der Waals surface area contributed by atoms with Gasteiger partial charge in [-0.3, -0.25) is 9.69 Å². The molecule has 0 aromatic rings. The Bertz CT molecular complexity index is 209. The third-order valence-corrected chi connectivity index (χ3v) is 2.14.